The van der Waals surface area contributed by atoms with Crippen molar-refractivity contribution in [1.82, 2.24) is 20.8 Å². The molecule has 27 heavy (non-hydrogen) atoms. The molecule has 0 spiro atoms. The van der Waals surface area contributed by atoms with Crippen LogP contribution in [0.5, 0.6) is 0 Å². The number of nitrogens with zero attached hydrogens (tertiary/aromatic N) is 2. The fraction of sp³-hybridized carbons (Fsp3) is 0.583. The molecule has 0 aromatic carbocycles. The van der Waals surface area contributed by atoms with E-state index in [1.165, 1.54) is 11.3 Å². The number of nitrogens with one attached hydrogen (secondary N) is 2. The molecule has 3 amide bonds. The number of carbonyl (C=O) groups is 2. The lowest BCUT2D eigenvalue weighted by Crippen LogP contribution is -2.55. The lowest BCUT2D eigenvalue weighted by Gasteiger charge is -2.33. The van der Waals surface area contributed by atoms with Crippen LogP contribution in [0.4, 0.5) is 9.93 Å². The Morgan fingerprint density at radius 2 is 2.19 bits per heavy atom. The maximum absolute atomic E-state index is 12.3. The van der Waals surface area contributed by atoms with Gasteiger partial charge in [0.05, 0.1) is 18.3 Å². The number of thiazole rings is 1. The van der Waals surface area contributed by atoms with Crippen molar-refractivity contribution in [3.05, 3.63) is 11.1 Å². The summed E-state index contributed by atoms with van der Waals surface area (Å²) in [6, 6.07) is -2.50. The van der Waals surface area contributed by atoms with Gasteiger partial charge in [0.1, 0.15) is 6.04 Å². The van der Waals surface area contributed by atoms with Gasteiger partial charge in [0.15, 0.2) is 5.13 Å². The highest BCUT2D eigenvalue weighted by Crippen LogP contribution is 2.18. The first-order chi connectivity index (χ1) is 12.7. The second-order valence-corrected chi connectivity index (χ2v) is 7.53. The standard InChI is InChI=1S/C12H20N6O7S2/c13-7(8-6-26-11(14)15-8)5-24-16-10(19)9-3-1-2-4-18(9)12(20)17-25-27(21,22)23/h6-7,9H,1-5,13H2,(H2,14,15)(H,16,19)(H,17,20)(H,21,22,23)/t7?,9-/m0/s1. The molecule has 1 aliphatic rings. The molecule has 7 N–H and O–H groups in total. The number of aromatic nitrogens is 1. The number of urea groups is 1. The molecule has 0 saturated carbocycles. The van der Waals surface area contributed by atoms with Crippen LogP contribution in [0.25, 0.3) is 0 Å². The number of nitrogens with two attached hydrogens (primary N) is 2. The molecule has 2 rings (SSSR count). The van der Waals surface area contributed by atoms with E-state index in [1.807, 2.05) is 0 Å². The Balaban J connectivity index is 1.85. The normalized spacial score (nSPS) is 18.7. The first-order valence-corrected chi connectivity index (χ1v) is 10.0. The number of hydrogen-bond donors (Lipinski definition) is 5. The van der Waals surface area contributed by atoms with Crippen molar-refractivity contribution in [3.63, 3.8) is 0 Å². The molecule has 13 nitrogen and oxygen atoms in total. The van der Waals surface area contributed by atoms with Gasteiger partial charge in [-0.1, -0.05) is 0 Å². The molecule has 1 fully saturated rings. The molecule has 1 aromatic rings. The topological polar surface area (TPSA) is 199 Å². The summed E-state index contributed by atoms with van der Waals surface area (Å²) < 4.78 is 33.4. The molecule has 1 aromatic heterocycles. The molecule has 1 saturated heterocycles. The van der Waals surface area contributed by atoms with Gasteiger partial charge in [0.25, 0.3) is 5.91 Å². The molecule has 2 atom stereocenters. The van der Waals surface area contributed by atoms with Gasteiger partial charge in [-0.2, -0.15) is 13.9 Å². The monoisotopic (exact) mass is 424 g/mol. The highest BCUT2D eigenvalue weighted by atomic mass is 32.3. The first-order valence-electron chi connectivity index (χ1n) is 7.78. The van der Waals surface area contributed by atoms with E-state index in [0.29, 0.717) is 30.1 Å². The smallest absolute Gasteiger partial charge is 0.375 e. The second kappa shape index (κ2) is 9.25. The molecule has 1 aliphatic heterocycles. The summed E-state index contributed by atoms with van der Waals surface area (Å²) in [5, 5.41) is 2.04. The van der Waals surface area contributed by atoms with Gasteiger partial charge in [-0.3, -0.25) is 14.2 Å². The maximum Gasteiger partial charge on any atom is 0.418 e. The summed E-state index contributed by atoms with van der Waals surface area (Å²) in [7, 11) is -4.86. The average Bonchev–Trinajstić information content (AvgIpc) is 3.05. The van der Waals surface area contributed by atoms with Gasteiger partial charge in [-0.05, 0) is 19.3 Å². The lowest BCUT2D eigenvalue weighted by atomic mass is 10.0. The van der Waals surface area contributed by atoms with Crippen molar-refractivity contribution in [1.29, 1.82) is 0 Å². The summed E-state index contributed by atoms with van der Waals surface area (Å²) in [6.07, 6.45) is 1.63. The van der Waals surface area contributed by atoms with E-state index in [-0.39, 0.29) is 13.2 Å². The Labute approximate surface area is 158 Å². The van der Waals surface area contributed by atoms with E-state index in [9.17, 15) is 18.0 Å². The summed E-state index contributed by atoms with van der Waals surface area (Å²) in [5.41, 5.74) is 15.7. The second-order valence-electron chi connectivity index (χ2n) is 5.62. The molecule has 0 radical (unpaired) electrons. The first kappa shape index (κ1) is 21.3. The van der Waals surface area contributed by atoms with Gasteiger partial charge >= 0.3 is 16.4 Å². The van der Waals surface area contributed by atoms with Gasteiger partial charge < -0.3 is 16.4 Å². The van der Waals surface area contributed by atoms with Crippen LogP contribution in [0.3, 0.4) is 0 Å². The summed E-state index contributed by atoms with van der Waals surface area (Å²) >= 11 is 1.23. The van der Waals surface area contributed by atoms with Crippen LogP contribution in [0, 0.1) is 0 Å². The highest BCUT2D eigenvalue weighted by Gasteiger charge is 2.33. The maximum atomic E-state index is 12.3. The average molecular weight is 424 g/mol. The number of likely N-dealkylation sites (tertiary alicyclic amines) is 1. The Morgan fingerprint density at radius 3 is 2.81 bits per heavy atom. The van der Waals surface area contributed by atoms with Gasteiger partial charge in [-0.25, -0.2) is 15.3 Å². The Morgan fingerprint density at radius 1 is 1.44 bits per heavy atom. The zero-order valence-corrected chi connectivity index (χ0v) is 15.7. The predicted octanol–water partition coefficient (Wildman–Crippen LogP) is -0.929. The van der Waals surface area contributed by atoms with E-state index in [2.05, 4.69) is 14.7 Å². The summed E-state index contributed by atoms with van der Waals surface area (Å²) in [4.78, 5) is 34.5. The van der Waals surface area contributed by atoms with Gasteiger partial charge in [0, 0.05) is 11.9 Å². The van der Waals surface area contributed by atoms with Crippen molar-refractivity contribution in [2.24, 2.45) is 5.73 Å². The van der Waals surface area contributed by atoms with Crippen LogP contribution >= 0.6 is 11.3 Å². The Hall–Kier alpha value is -2.04. The number of amides is 3. The molecular weight excluding hydrogens is 404 g/mol. The minimum atomic E-state index is -4.86. The minimum absolute atomic E-state index is 0.0697. The predicted molar refractivity (Wildman–Crippen MR) is 93.1 cm³/mol. The van der Waals surface area contributed by atoms with E-state index < -0.39 is 34.4 Å². The number of hydroxylamine groups is 2. The van der Waals surface area contributed by atoms with Crippen LogP contribution in [-0.2, 0) is 24.3 Å². The van der Waals surface area contributed by atoms with E-state index in [0.717, 1.165) is 4.90 Å². The minimum Gasteiger partial charge on any atom is -0.375 e. The lowest BCUT2D eigenvalue weighted by molar-refractivity contribution is -0.139. The SMILES string of the molecule is Nc1nc(C(N)CONC(=O)[C@@H]2CCCCN2C(=O)NOS(=O)(=O)O)cs1. The molecular formula is C12H20N6O7S2. The third kappa shape index (κ3) is 6.56. The summed E-state index contributed by atoms with van der Waals surface area (Å²) in [5.74, 6) is -0.610. The fourth-order valence-electron chi connectivity index (χ4n) is 2.42. The fourth-order valence-corrected chi connectivity index (χ4v) is 3.22. The molecule has 1 unspecified atom stereocenters. The number of hydrogen-bond acceptors (Lipinski definition) is 10. The van der Waals surface area contributed by atoms with Crippen molar-refractivity contribution in [3.8, 4) is 0 Å². The van der Waals surface area contributed by atoms with Crippen molar-refractivity contribution < 1.29 is 31.7 Å². The molecule has 152 valence electrons. The van der Waals surface area contributed by atoms with Crippen LogP contribution in [0.1, 0.15) is 31.0 Å². The van der Waals surface area contributed by atoms with Gasteiger partial charge in [0.2, 0.25) is 0 Å². The molecule has 15 heteroatoms. The molecule has 0 aliphatic carbocycles. The van der Waals surface area contributed by atoms with Crippen LogP contribution in [0.2, 0.25) is 0 Å². The highest BCUT2D eigenvalue weighted by molar-refractivity contribution is 7.80. The number of carbonyl (C=O) groups excluding carboxylic acids is 2. The van der Waals surface area contributed by atoms with Gasteiger partial charge in [-0.15, -0.1) is 15.6 Å². The van der Waals surface area contributed by atoms with E-state index >= 15 is 0 Å². The van der Waals surface area contributed by atoms with Crippen molar-refractivity contribution in [2.45, 2.75) is 31.3 Å². The zero-order chi connectivity index (χ0) is 20.0. The van der Waals surface area contributed by atoms with E-state index in [1.54, 1.807) is 10.9 Å². The third-order valence-electron chi connectivity index (χ3n) is 3.66. The largest absolute Gasteiger partial charge is 0.418 e. The zero-order valence-electron chi connectivity index (χ0n) is 14.0. The van der Waals surface area contributed by atoms with Crippen LogP contribution < -0.4 is 22.4 Å². The molecule has 0 bridgehead atoms. The Bertz CT molecular complexity index is 770. The van der Waals surface area contributed by atoms with E-state index in [4.69, 9.17) is 20.9 Å². The number of anilines is 1. The van der Waals surface area contributed by atoms with Crippen molar-refractivity contribution in [2.75, 3.05) is 18.9 Å². The number of nitrogen functional groups attached to an aromatic ring is 1. The van der Waals surface area contributed by atoms with Crippen LogP contribution in [-0.4, -0.2) is 54.0 Å². The quantitative estimate of drug-likeness (QED) is 0.269. The summed E-state index contributed by atoms with van der Waals surface area (Å²) in [6.45, 7) is 0.121. The Kier molecular flexibility index (Phi) is 7.28. The third-order valence-corrected chi connectivity index (χ3v) is 4.64. The number of piperidine rings is 1. The van der Waals surface area contributed by atoms with Crippen molar-refractivity contribution >= 4 is 38.8 Å². The number of rotatable bonds is 7. The van der Waals surface area contributed by atoms with Crippen LogP contribution in [0.15, 0.2) is 5.38 Å². The molecule has 2 heterocycles.